The number of hydrogen-bond donors (Lipinski definition) is 0. The molecule has 3 aromatic rings. The molecule has 0 spiro atoms. The van der Waals surface area contributed by atoms with Gasteiger partial charge in [0.2, 0.25) is 11.9 Å². The van der Waals surface area contributed by atoms with E-state index >= 15 is 0 Å². The third kappa shape index (κ3) is 4.15. The van der Waals surface area contributed by atoms with E-state index in [1.807, 2.05) is 28.8 Å². The molecule has 186 valence electrons. The number of fused-ring (bicyclic) bond motifs is 3. The lowest BCUT2D eigenvalue weighted by atomic mass is 9.88. The number of aromatic nitrogens is 2. The summed E-state index contributed by atoms with van der Waals surface area (Å²) in [5.41, 5.74) is 2.12. The predicted molar refractivity (Wildman–Crippen MR) is 131 cm³/mol. The van der Waals surface area contributed by atoms with Crippen molar-refractivity contribution in [3.05, 3.63) is 42.0 Å². The Bertz CT molecular complexity index is 1240. The Hall–Kier alpha value is -3.75. The lowest BCUT2D eigenvalue weighted by Gasteiger charge is -2.38. The topological polar surface area (TPSA) is 92.1 Å². The summed E-state index contributed by atoms with van der Waals surface area (Å²) in [6, 6.07) is 10.3. The van der Waals surface area contributed by atoms with Crippen molar-refractivity contribution >= 4 is 28.9 Å². The van der Waals surface area contributed by atoms with Gasteiger partial charge in [-0.3, -0.25) is 14.5 Å². The first-order chi connectivity index (χ1) is 17.0. The zero-order chi connectivity index (χ0) is 25.1. The monoisotopic (exact) mass is 481 g/mol. The fourth-order valence-electron chi connectivity index (χ4n) is 4.64. The fourth-order valence-corrected chi connectivity index (χ4v) is 4.64. The number of para-hydroxylation sites is 2. The van der Waals surface area contributed by atoms with Gasteiger partial charge in [0.25, 0.3) is 0 Å². The molecule has 35 heavy (non-hydrogen) atoms. The molecule has 1 aliphatic rings. The molecule has 1 aliphatic heterocycles. The van der Waals surface area contributed by atoms with E-state index < -0.39 is 17.9 Å². The second-order valence-corrected chi connectivity index (χ2v) is 8.24. The maximum atomic E-state index is 13.9. The van der Waals surface area contributed by atoms with E-state index in [2.05, 4.69) is 6.92 Å². The van der Waals surface area contributed by atoms with Gasteiger partial charge in [0.05, 0.1) is 45.0 Å². The van der Waals surface area contributed by atoms with Gasteiger partial charge in [-0.25, -0.2) is 4.98 Å². The lowest BCUT2D eigenvalue weighted by Crippen LogP contribution is -2.50. The van der Waals surface area contributed by atoms with Gasteiger partial charge in [-0.2, -0.15) is 0 Å². The molecule has 0 radical (unpaired) electrons. The zero-order valence-electron chi connectivity index (χ0n) is 20.7. The Kier molecular flexibility index (Phi) is 7.14. The van der Waals surface area contributed by atoms with Crippen LogP contribution in [0.2, 0.25) is 0 Å². The third-order valence-corrected chi connectivity index (χ3v) is 6.27. The molecule has 4 rings (SSSR count). The summed E-state index contributed by atoms with van der Waals surface area (Å²) in [6.07, 6.45) is 1.66. The predicted octanol–water partition coefficient (Wildman–Crippen LogP) is 3.98. The van der Waals surface area contributed by atoms with E-state index in [0.717, 1.165) is 23.9 Å². The Morgan fingerprint density at radius 2 is 1.69 bits per heavy atom. The van der Waals surface area contributed by atoms with Crippen molar-refractivity contribution in [3.63, 3.8) is 0 Å². The van der Waals surface area contributed by atoms with Crippen molar-refractivity contribution < 1.29 is 28.5 Å². The van der Waals surface area contributed by atoms with Gasteiger partial charge in [0, 0.05) is 18.2 Å². The van der Waals surface area contributed by atoms with E-state index in [0.29, 0.717) is 35.3 Å². The fraction of sp³-hybridized carbons (Fsp3) is 0.423. The van der Waals surface area contributed by atoms with Crippen LogP contribution in [-0.2, 0) is 14.3 Å². The van der Waals surface area contributed by atoms with Crippen molar-refractivity contribution in [2.24, 2.45) is 5.92 Å². The minimum Gasteiger partial charge on any atom is -0.496 e. The third-order valence-electron chi connectivity index (χ3n) is 6.27. The Morgan fingerprint density at radius 3 is 2.34 bits per heavy atom. The molecule has 0 saturated carbocycles. The summed E-state index contributed by atoms with van der Waals surface area (Å²) in [6.45, 7) is 4.39. The molecule has 0 aliphatic carbocycles. The van der Waals surface area contributed by atoms with Gasteiger partial charge in [0.15, 0.2) is 17.4 Å². The van der Waals surface area contributed by atoms with Crippen LogP contribution < -0.4 is 19.1 Å². The van der Waals surface area contributed by atoms with Crippen LogP contribution in [0.4, 0.5) is 5.95 Å². The van der Waals surface area contributed by atoms with E-state index in [1.54, 1.807) is 24.0 Å². The largest absolute Gasteiger partial charge is 0.496 e. The van der Waals surface area contributed by atoms with Crippen LogP contribution in [-0.4, -0.2) is 55.9 Å². The van der Waals surface area contributed by atoms with Gasteiger partial charge in [-0.15, -0.1) is 0 Å². The van der Waals surface area contributed by atoms with Gasteiger partial charge >= 0.3 is 5.97 Å². The van der Waals surface area contributed by atoms with Crippen LogP contribution in [0.5, 0.6) is 17.2 Å². The zero-order valence-corrected chi connectivity index (χ0v) is 20.7. The van der Waals surface area contributed by atoms with Gasteiger partial charge in [-0.05, 0) is 31.5 Å². The number of nitrogens with zero attached hydrogens (tertiary/aromatic N) is 3. The molecule has 9 nitrogen and oxygen atoms in total. The summed E-state index contributed by atoms with van der Waals surface area (Å²) < 4.78 is 24.1. The minimum atomic E-state index is -1.14. The number of imidazole rings is 1. The van der Waals surface area contributed by atoms with Crippen LogP contribution in [0.25, 0.3) is 11.0 Å². The molecule has 2 heterocycles. The first kappa shape index (κ1) is 24.4. The van der Waals surface area contributed by atoms with Crippen LogP contribution in [0.15, 0.2) is 36.4 Å². The van der Waals surface area contributed by atoms with Gasteiger partial charge in [-0.1, -0.05) is 25.5 Å². The lowest BCUT2D eigenvalue weighted by molar-refractivity contribution is -0.153. The second-order valence-electron chi connectivity index (χ2n) is 8.24. The number of carbonyl (C=O) groups is 2. The highest BCUT2D eigenvalue weighted by atomic mass is 16.5. The number of hydrogen-bond acceptors (Lipinski definition) is 7. The molecule has 0 unspecified atom stereocenters. The van der Waals surface area contributed by atoms with Crippen molar-refractivity contribution in [2.45, 2.75) is 32.7 Å². The van der Waals surface area contributed by atoms with Crippen molar-refractivity contribution in [1.29, 1.82) is 0 Å². The normalized spacial score (nSPS) is 17.3. The quantitative estimate of drug-likeness (QED) is 0.337. The number of carbonyl (C=O) groups excluding carboxylic acids is 2. The highest BCUT2D eigenvalue weighted by Gasteiger charge is 2.48. The number of unbranched alkanes of at least 4 members (excludes halogenated alkanes) is 1. The number of esters is 1. The first-order valence-corrected chi connectivity index (χ1v) is 11.7. The van der Waals surface area contributed by atoms with Crippen molar-refractivity contribution in [3.8, 4) is 17.2 Å². The Morgan fingerprint density at radius 1 is 1.00 bits per heavy atom. The minimum absolute atomic E-state index is 0.158. The van der Waals surface area contributed by atoms with Crippen LogP contribution >= 0.6 is 0 Å². The Balaban J connectivity index is 2.05. The second kappa shape index (κ2) is 10.2. The van der Waals surface area contributed by atoms with E-state index in [9.17, 15) is 9.59 Å². The average molecular weight is 482 g/mol. The van der Waals surface area contributed by atoms with E-state index in [4.69, 9.17) is 23.9 Å². The van der Waals surface area contributed by atoms with Gasteiger partial charge < -0.3 is 23.5 Å². The number of anilines is 1. The first-order valence-electron chi connectivity index (χ1n) is 11.7. The average Bonchev–Trinajstić information content (AvgIpc) is 3.26. The van der Waals surface area contributed by atoms with Crippen LogP contribution in [0.1, 0.15) is 38.3 Å². The molecule has 0 fully saturated rings. The summed E-state index contributed by atoms with van der Waals surface area (Å²) in [5.74, 6) is -0.191. The highest BCUT2D eigenvalue weighted by molar-refractivity contribution is 6.08. The molecule has 2 aromatic carbocycles. The standard InChI is InChI=1S/C26H31N3O6/c1-6-8-13-28-24(30)22(25(31)35-7-2)23(29-18-12-10-9-11-17(18)27-26(28)29)16-14-20(33-4)21(34-5)15-19(16)32-3/h9-12,14-15,22-23H,6-8,13H2,1-5H3/t22-,23-/m1/s1. The van der Waals surface area contributed by atoms with E-state index in [-0.39, 0.29) is 12.5 Å². The van der Waals surface area contributed by atoms with Crippen molar-refractivity contribution in [1.82, 2.24) is 9.55 Å². The molecule has 2 atom stereocenters. The summed E-state index contributed by atoms with van der Waals surface area (Å²) in [7, 11) is 4.61. The molecule has 1 amide bonds. The summed E-state index contributed by atoms with van der Waals surface area (Å²) >= 11 is 0. The van der Waals surface area contributed by atoms with Gasteiger partial charge in [0.1, 0.15) is 5.75 Å². The summed E-state index contributed by atoms with van der Waals surface area (Å²) in [4.78, 5) is 33.7. The highest BCUT2D eigenvalue weighted by Crippen LogP contribution is 2.47. The van der Waals surface area contributed by atoms with E-state index in [1.165, 1.54) is 21.3 Å². The SMILES string of the molecule is CCCCN1C(=O)[C@H](C(=O)OCC)[C@@H](c2cc(OC)c(OC)cc2OC)n2c1nc1ccccc12. The Labute approximate surface area is 204 Å². The molecule has 0 bridgehead atoms. The maximum Gasteiger partial charge on any atom is 0.321 e. The number of ether oxygens (including phenoxy) is 4. The van der Waals surface area contributed by atoms with Crippen LogP contribution in [0.3, 0.4) is 0 Å². The van der Waals surface area contributed by atoms with Crippen LogP contribution in [0, 0.1) is 5.92 Å². The molecular weight excluding hydrogens is 450 g/mol. The molecule has 0 N–H and O–H groups in total. The number of amides is 1. The maximum absolute atomic E-state index is 13.9. The number of rotatable bonds is 9. The molecule has 9 heteroatoms. The summed E-state index contributed by atoms with van der Waals surface area (Å²) in [5, 5.41) is 0. The smallest absolute Gasteiger partial charge is 0.321 e. The molecular formula is C26H31N3O6. The van der Waals surface area contributed by atoms with Crippen molar-refractivity contribution in [2.75, 3.05) is 39.4 Å². The number of methoxy groups -OCH3 is 3. The molecule has 0 saturated heterocycles. The number of benzene rings is 2. The molecule has 1 aromatic heterocycles.